The van der Waals surface area contributed by atoms with Crippen LogP contribution in [0.1, 0.15) is 40.7 Å². The predicted octanol–water partition coefficient (Wildman–Crippen LogP) is 4.62. The highest BCUT2D eigenvalue weighted by molar-refractivity contribution is 5.90. The van der Waals surface area contributed by atoms with Crippen LogP contribution in [0.4, 0.5) is 4.39 Å². The Morgan fingerprint density at radius 2 is 1.93 bits per heavy atom. The maximum absolute atomic E-state index is 13.1. The van der Waals surface area contributed by atoms with Gasteiger partial charge in [-0.2, -0.15) is 0 Å². The fourth-order valence-corrected chi connectivity index (χ4v) is 4.75. The van der Waals surface area contributed by atoms with Crippen molar-refractivity contribution in [3.63, 3.8) is 0 Å². The third kappa shape index (κ3) is 3.55. The number of halogens is 1. The summed E-state index contributed by atoms with van der Waals surface area (Å²) in [6.07, 6.45) is 4.77. The Morgan fingerprint density at radius 3 is 2.62 bits per heavy atom. The van der Waals surface area contributed by atoms with Crippen LogP contribution in [-0.4, -0.2) is 37.6 Å². The first-order valence-corrected chi connectivity index (χ1v) is 9.97. The van der Waals surface area contributed by atoms with Crippen molar-refractivity contribution >= 4 is 5.97 Å². The van der Waals surface area contributed by atoms with Gasteiger partial charge in [0.15, 0.2) is 0 Å². The number of allylic oxidation sites excluding steroid dienone is 1. The molecule has 2 aromatic rings. The van der Waals surface area contributed by atoms with E-state index in [1.165, 1.54) is 29.8 Å². The van der Waals surface area contributed by atoms with Gasteiger partial charge in [0.05, 0.1) is 12.7 Å². The second-order valence-corrected chi connectivity index (χ2v) is 8.05. The van der Waals surface area contributed by atoms with Gasteiger partial charge in [-0.25, -0.2) is 9.18 Å². The Morgan fingerprint density at radius 1 is 1.17 bits per heavy atom. The van der Waals surface area contributed by atoms with Crippen LogP contribution in [0.3, 0.4) is 0 Å². The molecule has 1 saturated heterocycles. The first-order valence-electron chi connectivity index (χ1n) is 9.97. The number of ether oxygens (including phenoxy) is 2. The maximum atomic E-state index is 13.1. The van der Waals surface area contributed by atoms with Crippen molar-refractivity contribution in [1.29, 1.82) is 0 Å². The summed E-state index contributed by atoms with van der Waals surface area (Å²) in [5.41, 5.74) is 2.81. The number of hydrogen-bond donors (Lipinski definition) is 0. The number of carbonyl (C=O) groups excluding carboxylic acids is 1. The summed E-state index contributed by atoms with van der Waals surface area (Å²) in [4.78, 5) is 14.8. The molecule has 152 valence electrons. The van der Waals surface area contributed by atoms with E-state index in [9.17, 15) is 9.18 Å². The summed E-state index contributed by atoms with van der Waals surface area (Å²) in [7, 11) is 3.81. The fraction of sp³-hybridized carbons (Fsp3) is 0.375. The Balaban J connectivity index is 1.60. The number of rotatable bonds is 4. The number of nitrogens with zero attached hydrogens (tertiary/aromatic N) is 1. The van der Waals surface area contributed by atoms with Crippen LogP contribution in [0, 0.1) is 12.7 Å². The minimum absolute atomic E-state index is 0.0115. The number of fused-ring (bicyclic) bond motifs is 1. The van der Waals surface area contributed by atoms with E-state index in [1.54, 1.807) is 7.11 Å². The molecule has 4 rings (SSSR count). The van der Waals surface area contributed by atoms with Crippen molar-refractivity contribution in [2.45, 2.75) is 37.6 Å². The number of aryl methyl sites for hydroxylation is 1. The molecule has 1 heterocycles. The third-order valence-electron chi connectivity index (χ3n) is 6.39. The van der Waals surface area contributed by atoms with Crippen LogP contribution in [0.5, 0.6) is 5.75 Å². The molecule has 0 radical (unpaired) electrons. The summed E-state index contributed by atoms with van der Waals surface area (Å²) in [6.45, 7) is 3.06. The zero-order valence-corrected chi connectivity index (χ0v) is 17.1. The van der Waals surface area contributed by atoms with Crippen LogP contribution < -0.4 is 4.74 Å². The van der Waals surface area contributed by atoms with E-state index in [4.69, 9.17) is 9.47 Å². The van der Waals surface area contributed by atoms with Gasteiger partial charge in [-0.05, 0) is 80.9 Å². The maximum Gasteiger partial charge on any atom is 0.343 e. The van der Waals surface area contributed by atoms with Crippen LogP contribution >= 0.6 is 0 Å². The van der Waals surface area contributed by atoms with Gasteiger partial charge in [-0.15, -0.1) is 0 Å². The number of likely N-dealkylation sites (N-methyl/N-ethyl adjacent to an activating group) is 1. The van der Waals surface area contributed by atoms with E-state index in [1.807, 2.05) is 6.07 Å². The topological polar surface area (TPSA) is 38.8 Å². The molecule has 0 spiro atoms. The van der Waals surface area contributed by atoms with Gasteiger partial charge in [0.2, 0.25) is 0 Å². The fourth-order valence-electron chi connectivity index (χ4n) is 4.75. The highest BCUT2D eigenvalue weighted by Gasteiger charge is 2.48. The lowest BCUT2D eigenvalue weighted by atomic mass is 9.68. The predicted molar refractivity (Wildman–Crippen MR) is 110 cm³/mol. The standard InChI is InChI=1S/C24H26FNO3/c1-16-14-18(6-9-21(16)28-3)24-11-10-20(15-22(24)26(2)13-12-24)29-23(27)17-4-7-19(25)8-5-17/h4-9,14-15,22H,10-13H2,1-3H3. The van der Waals surface area contributed by atoms with Crippen molar-refractivity contribution in [1.82, 2.24) is 4.90 Å². The van der Waals surface area contributed by atoms with Crippen LogP contribution in [0.15, 0.2) is 54.3 Å². The molecule has 4 nitrogen and oxygen atoms in total. The Bertz CT molecular complexity index is 953. The molecule has 2 aromatic carbocycles. The second kappa shape index (κ2) is 7.64. The van der Waals surface area contributed by atoms with E-state index in [2.05, 4.69) is 37.1 Å². The molecule has 2 atom stereocenters. The highest BCUT2D eigenvalue weighted by atomic mass is 19.1. The molecule has 0 amide bonds. The van der Waals surface area contributed by atoms with Crippen molar-refractivity contribution in [3.8, 4) is 5.75 Å². The lowest BCUT2D eigenvalue weighted by molar-refractivity contribution is 0.0593. The normalized spacial score (nSPS) is 24.0. The molecule has 2 unspecified atom stereocenters. The van der Waals surface area contributed by atoms with E-state index in [0.29, 0.717) is 17.7 Å². The quantitative estimate of drug-likeness (QED) is 0.708. The molecule has 1 aliphatic heterocycles. The molecule has 29 heavy (non-hydrogen) atoms. The Labute approximate surface area is 170 Å². The van der Waals surface area contributed by atoms with Crippen molar-refractivity contribution < 1.29 is 18.7 Å². The SMILES string of the molecule is COc1ccc(C23CCC(OC(=O)c4ccc(F)cc4)=CC2N(C)CC3)cc1C. The molecule has 1 fully saturated rings. The average Bonchev–Trinajstić information content (AvgIpc) is 3.06. The summed E-state index contributed by atoms with van der Waals surface area (Å²) < 4.78 is 24.2. The van der Waals surface area contributed by atoms with Gasteiger partial charge >= 0.3 is 5.97 Å². The van der Waals surface area contributed by atoms with Gasteiger partial charge in [0, 0.05) is 17.9 Å². The van der Waals surface area contributed by atoms with E-state index >= 15 is 0 Å². The van der Waals surface area contributed by atoms with Crippen molar-refractivity contribution in [2.75, 3.05) is 20.7 Å². The molecule has 0 saturated carbocycles. The molecule has 0 aromatic heterocycles. The zero-order valence-electron chi connectivity index (χ0n) is 17.1. The third-order valence-corrected chi connectivity index (χ3v) is 6.39. The van der Waals surface area contributed by atoms with E-state index in [-0.39, 0.29) is 17.3 Å². The molecular formula is C24H26FNO3. The molecule has 1 aliphatic carbocycles. The number of esters is 1. The Kier molecular flexibility index (Phi) is 5.17. The number of benzene rings is 2. The van der Waals surface area contributed by atoms with Gasteiger partial charge in [-0.1, -0.05) is 12.1 Å². The molecule has 0 N–H and O–H groups in total. The lowest BCUT2D eigenvalue weighted by Gasteiger charge is -2.40. The number of methoxy groups -OCH3 is 1. The number of hydrogen-bond acceptors (Lipinski definition) is 4. The monoisotopic (exact) mass is 395 g/mol. The first kappa shape index (κ1) is 19.6. The van der Waals surface area contributed by atoms with Crippen LogP contribution in [-0.2, 0) is 10.2 Å². The highest BCUT2D eigenvalue weighted by Crippen LogP contribution is 2.48. The minimum Gasteiger partial charge on any atom is -0.496 e. The summed E-state index contributed by atoms with van der Waals surface area (Å²) >= 11 is 0. The zero-order chi connectivity index (χ0) is 20.6. The average molecular weight is 395 g/mol. The largest absolute Gasteiger partial charge is 0.496 e. The summed E-state index contributed by atoms with van der Waals surface area (Å²) in [6, 6.07) is 12.1. The van der Waals surface area contributed by atoms with Crippen molar-refractivity contribution in [3.05, 3.63) is 76.8 Å². The number of likely N-dealkylation sites (tertiary alicyclic amines) is 1. The first-order chi connectivity index (χ1) is 13.9. The minimum atomic E-state index is -0.440. The second-order valence-electron chi connectivity index (χ2n) is 8.05. The van der Waals surface area contributed by atoms with Gasteiger partial charge in [-0.3, -0.25) is 4.90 Å². The van der Waals surface area contributed by atoms with Crippen molar-refractivity contribution in [2.24, 2.45) is 0 Å². The van der Waals surface area contributed by atoms with E-state index < -0.39 is 5.97 Å². The van der Waals surface area contributed by atoms with Gasteiger partial charge in [0.25, 0.3) is 0 Å². The smallest absolute Gasteiger partial charge is 0.343 e. The van der Waals surface area contributed by atoms with Gasteiger partial charge < -0.3 is 9.47 Å². The summed E-state index contributed by atoms with van der Waals surface area (Å²) in [5.74, 6) is 0.780. The lowest BCUT2D eigenvalue weighted by Crippen LogP contribution is -2.42. The van der Waals surface area contributed by atoms with Gasteiger partial charge in [0.1, 0.15) is 17.3 Å². The molecule has 5 heteroatoms. The van der Waals surface area contributed by atoms with E-state index in [0.717, 1.165) is 30.7 Å². The molecule has 2 aliphatic rings. The van der Waals surface area contributed by atoms with Crippen LogP contribution in [0.2, 0.25) is 0 Å². The number of carbonyl (C=O) groups is 1. The Hall–Kier alpha value is -2.66. The molecular weight excluding hydrogens is 369 g/mol. The summed E-state index contributed by atoms with van der Waals surface area (Å²) in [5, 5.41) is 0. The molecule has 0 bridgehead atoms. The van der Waals surface area contributed by atoms with Crippen LogP contribution in [0.25, 0.3) is 0 Å².